The SMILES string of the molecule is CCC(O[P+](=O)OC(CC)c1cc(C(C)(C)C)c(O)c(C(C)(C)C)c1)c1cc(C(C)(C)C)c(O)c(C(C)(C)C)c1.[Ni]. The van der Waals surface area contributed by atoms with Gasteiger partial charge in [-0.05, 0) is 92.1 Å². The predicted molar refractivity (Wildman–Crippen MR) is 167 cm³/mol. The van der Waals surface area contributed by atoms with E-state index < -0.39 is 20.5 Å². The molecular formula is C34H54NiO5P+. The van der Waals surface area contributed by atoms with Crippen molar-refractivity contribution in [3.63, 3.8) is 0 Å². The third kappa shape index (κ3) is 9.27. The molecule has 7 heteroatoms. The van der Waals surface area contributed by atoms with Crippen LogP contribution in [0.1, 0.15) is 155 Å². The van der Waals surface area contributed by atoms with Gasteiger partial charge in [0.25, 0.3) is 0 Å². The molecule has 2 N–H and O–H groups in total. The van der Waals surface area contributed by atoms with Crippen molar-refractivity contribution in [1.82, 2.24) is 0 Å². The number of phenolic OH excluding ortho intramolecular Hbond substituents is 2. The molecular weight excluding hydrogens is 578 g/mol. The van der Waals surface area contributed by atoms with Crippen molar-refractivity contribution in [2.24, 2.45) is 0 Å². The summed E-state index contributed by atoms with van der Waals surface area (Å²) in [5.41, 5.74) is 4.01. The Bertz CT molecular complexity index is 1050. The Morgan fingerprint density at radius 3 is 0.976 bits per heavy atom. The molecule has 0 spiro atoms. The summed E-state index contributed by atoms with van der Waals surface area (Å²) in [6.07, 6.45) is 0.277. The van der Waals surface area contributed by atoms with E-state index in [-0.39, 0.29) is 38.2 Å². The molecule has 0 aliphatic rings. The van der Waals surface area contributed by atoms with Gasteiger partial charge in [-0.25, -0.2) is 0 Å². The van der Waals surface area contributed by atoms with Gasteiger partial charge in [0.1, 0.15) is 23.7 Å². The number of phenols is 2. The maximum Gasteiger partial charge on any atom is 0.698 e. The Balaban J connectivity index is 0.00000840. The first-order valence-electron chi connectivity index (χ1n) is 14.6. The van der Waals surface area contributed by atoms with Gasteiger partial charge < -0.3 is 10.2 Å². The molecule has 2 aromatic rings. The summed E-state index contributed by atoms with van der Waals surface area (Å²) in [7, 11) is -2.46. The van der Waals surface area contributed by atoms with Crippen LogP contribution in [0.25, 0.3) is 0 Å². The van der Waals surface area contributed by atoms with E-state index in [0.29, 0.717) is 24.3 Å². The van der Waals surface area contributed by atoms with Crippen molar-refractivity contribution in [3.05, 3.63) is 57.6 Å². The normalized spacial score (nSPS) is 14.8. The summed E-state index contributed by atoms with van der Waals surface area (Å²) in [5, 5.41) is 22.3. The molecule has 234 valence electrons. The minimum Gasteiger partial charge on any atom is -0.507 e. The van der Waals surface area contributed by atoms with E-state index in [1.165, 1.54) is 0 Å². The van der Waals surface area contributed by atoms with E-state index in [2.05, 4.69) is 83.1 Å². The van der Waals surface area contributed by atoms with Crippen LogP contribution < -0.4 is 0 Å². The second-order valence-corrected chi connectivity index (χ2v) is 16.0. The number of hydrogen-bond acceptors (Lipinski definition) is 5. The van der Waals surface area contributed by atoms with Crippen molar-refractivity contribution in [3.8, 4) is 11.5 Å². The number of benzene rings is 2. The molecule has 2 aromatic carbocycles. The van der Waals surface area contributed by atoms with Crippen molar-refractivity contribution in [2.45, 2.75) is 144 Å². The predicted octanol–water partition coefficient (Wildman–Crippen LogP) is 10.6. The van der Waals surface area contributed by atoms with Crippen LogP contribution in [-0.4, -0.2) is 10.2 Å². The first-order chi connectivity index (χ1) is 18.0. The molecule has 2 unspecified atom stereocenters. The molecule has 2 atom stereocenters. The Hall–Kier alpha value is -1.45. The van der Waals surface area contributed by atoms with Gasteiger partial charge in [0.05, 0.1) is 0 Å². The van der Waals surface area contributed by atoms with Gasteiger partial charge in [-0.1, -0.05) is 96.9 Å². The molecule has 0 fully saturated rings. The zero-order valence-corrected chi connectivity index (χ0v) is 29.6. The van der Waals surface area contributed by atoms with E-state index in [1.54, 1.807) is 0 Å². The minimum atomic E-state index is -2.46. The number of rotatable bonds is 8. The van der Waals surface area contributed by atoms with Crippen LogP contribution in [0.3, 0.4) is 0 Å². The summed E-state index contributed by atoms with van der Waals surface area (Å²) in [5.74, 6) is 0.615. The van der Waals surface area contributed by atoms with Crippen LogP contribution in [0.4, 0.5) is 0 Å². The molecule has 0 aromatic heterocycles. The van der Waals surface area contributed by atoms with Crippen LogP contribution in [0, 0.1) is 0 Å². The summed E-state index contributed by atoms with van der Waals surface area (Å²) in [6, 6.07) is 7.91. The van der Waals surface area contributed by atoms with Gasteiger partial charge in [-0.3, -0.25) is 0 Å². The molecule has 0 radical (unpaired) electrons. The molecule has 2 rings (SSSR count). The average molecular weight is 632 g/mol. The third-order valence-electron chi connectivity index (χ3n) is 7.41. The number of hydrogen-bond donors (Lipinski definition) is 2. The maximum absolute atomic E-state index is 13.4. The Labute approximate surface area is 260 Å². The zero-order chi connectivity index (χ0) is 31.0. The van der Waals surface area contributed by atoms with Crippen molar-refractivity contribution < 1.29 is 40.3 Å². The van der Waals surface area contributed by atoms with Gasteiger partial charge in [-0.15, -0.1) is 9.05 Å². The fourth-order valence-electron chi connectivity index (χ4n) is 4.95. The first kappa shape index (κ1) is 37.6. The Morgan fingerprint density at radius 1 is 0.585 bits per heavy atom. The van der Waals surface area contributed by atoms with Gasteiger partial charge in [0, 0.05) is 21.1 Å². The van der Waals surface area contributed by atoms with E-state index in [4.69, 9.17) is 9.05 Å². The molecule has 0 amide bonds. The summed E-state index contributed by atoms with van der Waals surface area (Å²) < 4.78 is 25.6. The van der Waals surface area contributed by atoms with E-state index in [9.17, 15) is 14.8 Å². The third-order valence-corrected chi connectivity index (χ3v) is 8.26. The molecule has 0 aliphatic carbocycles. The molecule has 0 aliphatic heterocycles. The van der Waals surface area contributed by atoms with Crippen LogP contribution in [0.2, 0.25) is 0 Å². The van der Waals surface area contributed by atoms with Crippen LogP contribution in [-0.2, 0) is 51.8 Å². The second kappa shape index (κ2) is 13.5. The monoisotopic (exact) mass is 631 g/mol. The van der Waals surface area contributed by atoms with Crippen molar-refractivity contribution in [2.75, 3.05) is 0 Å². The molecule has 5 nitrogen and oxygen atoms in total. The van der Waals surface area contributed by atoms with E-state index >= 15 is 0 Å². The van der Waals surface area contributed by atoms with Crippen LogP contribution >= 0.6 is 8.25 Å². The van der Waals surface area contributed by atoms with Gasteiger partial charge in [0.2, 0.25) is 0 Å². The summed E-state index contributed by atoms with van der Waals surface area (Å²) >= 11 is 0. The molecule has 0 saturated carbocycles. The fraction of sp³-hybridized carbons (Fsp3) is 0.647. The molecule has 41 heavy (non-hydrogen) atoms. The van der Waals surface area contributed by atoms with E-state index in [0.717, 1.165) is 33.4 Å². The molecule has 0 saturated heterocycles. The zero-order valence-electron chi connectivity index (χ0n) is 27.8. The quantitative estimate of drug-likeness (QED) is 0.224. The minimum absolute atomic E-state index is 0. The smallest absolute Gasteiger partial charge is 0.507 e. The van der Waals surface area contributed by atoms with Crippen molar-refractivity contribution in [1.29, 1.82) is 0 Å². The second-order valence-electron chi connectivity index (χ2n) is 15.2. The maximum atomic E-state index is 13.4. The Morgan fingerprint density at radius 2 is 0.805 bits per heavy atom. The largest absolute Gasteiger partial charge is 0.698 e. The van der Waals surface area contributed by atoms with Gasteiger partial charge in [-0.2, -0.15) is 0 Å². The average Bonchev–Trinajstić information content (AvgIpc) is 2.78. The van der Waals surface area contributed by atoms with Gasteiger partial charge >= 0.3 is 8.25 Å². The Kier molecular flexibility index (Phi) is 12.3. The molecule has 0 heterocycles. The molecule has 0 bridgehead atoms. The standard InChI is InChI=1S/C34H53O5P.Ni/c1-15-27(21-17-23(31(3,4)5)29(35)24(18-21)32(6,7)8)38-40(37)39-28(16-2)22-19-25(33(9,10)11)30(36)26(20-22)34(12,13)14;/h17-20,27-28H,15-16H2,1-14H3,(H-,35,36);/p+1. The van der Waals surface area contributed by atoms with Crippen LogP contribution in [0.5, 0.6) is 11.5 Å². The fourth-order valence-corrected chi connectivity index (χ4v) is 5.95. The van der Waals surface area contributed by atoms with E-state index in [1.807, 2.05) is 38.1 Å². The van der Waals surface area contributed by atoms with Crippen molar-refractivity contribution >= 4 is 8.25 Å². The first-order valence-corrected chi connectivity index (χ1v) is 15.7. The summed E-state index contributed by atoms with van der Waals surface area (Å²) in [6.45, 7) is 28.9. The van der Waals surface area contributed by atoms with Crippen LogP contribution in [0.15, 0.2) is 24.3 Å². The summed E-state index contributed by atoms with van der Waals surface area (Å²) in [4.78, 5) is 0. The topological polar surface area (TPSA) is 76.0 Å². The van der Waals surface area contributed by atoms with Gasteiger partial charge in [0.15, 0.2) is 0 Å². The number of aromatic hydroxyl groups is 2.